The van der Waals surface area contributed by atoms with Gasteiger partial charge >= 0.3 is 0 Å². The molecule has 4 heteroatoms. The SMILES string of the molecule is C[Si]1(C)CC[Si](C)(C)N1C1(Br)C=CC=CC1. The van der Waals surface area contributed by atoms with Gasteiger partial charge in [0, 0.05) is 0 Å². The largest absolute Gasteiger partial charge is 0.328 e. The molecule has 1 saturated heterocycles. The van der Waals surface area contributed by atoms with Crippen molar-refractivity contribution in [3.05, 3.63) is 24.3 Å². The molecule has 0 aromatic carbocycles. The summed E-state index contributed by atoms with van der Waals surface area (Å²) in [7, 11) is -2.40. The van der Waals surface area contributed by atoms with Crippen LogP contribution >= 0.6 is 15.9 Å². The zero-order valence-corrected chi connectivity index (χ0v) is 14.3. The molecule has 1 atom stereocenters. The first-order valence-electron chi connectivity index (χ1n) is 6.12. The Balaban J connectivity index is 2.37. The summed E-state index contributed by atoms with van der Waals surface area (Å²) >= 11 is 4.03. The minimum Gasteiger partial charge on any atom is -0.328 e. The molecule has 1 nitrogen and oxygen atoms in total. The van der Waals surface area contributed by atoms with Crippen molar-refractivity contribution in [1.29, 1.82) is 0 Å². The van der Waals surface area contributed by atoms with E-state index in [1.165, 1.54) is 12.1 Å². The quantitative estimate of drug-likeness (QED) is 0.396. The van der Waals surface area contributed by atoms with Crippen LogP contribution in [0.3, 0.4) is 0 Å². The van der Waals surface area contributed by atoms with Crippen LogP contribution in [0, 0.1) is 0 Å². The Morgan fingerprint density at radius 3 is 2.06 bits per heavy atom. The van der Waals surface area contributed by atoms with E-state index in [9.17, 15) is 0 Å². The number of nitrogens with zero attached hydrogens (tertiary/aromatic N) is 1. The highest BCUT2D eigenvalue weighted by Crippen LogP contribution is 2.47. The third-order valence-corrected chi connectivity index (χ3v) is 15.8. The maximum Gasteiger partial charge on any atom is 0.116 e. The lowest BCUT2D eigenvalue weighted by Gasteiger charge is -2.49. The third kappa shape index (κ3) is 2.05. The summed E-state index contributed by atoms with van der Waals surface area (Å²) in [5.41, 5.74) is 0. The molecule has 0 radical (unpaired) electrons. The number of allylic oxidation sites excluding steroid dienone is 2. The van der Waals surface area contributed by atoms with Crippen molar-refractivity contribution in [2.75, 3.05) is 0 Å². The fraction of sp³-hybridized carbons (Fsp3) is 0.667. The van der Waals surface area contributed by atoms with Crippen LogP contribution in [-0.2, 0) is 0 Å². The van der Waals surface area contributed by atoms with Crippen molar-refractivity contribution in [1.82, 2.24) is 4.23 Å². The van der Waals surface area contributed by atoms with Gasteiger partial charge in [-0.05, 0) is 18.5 Å². The monoisotopic (exact) mass is 315 g/mol. The minimum absolute atomic E-state index is 0.129. The molecule has 0 bridgehead atoms. The van der Waals surface area contributed by atoms with Gasteiger partial charge < -0.3 is 4.23 Å². The van der Waals surface area contributed by atoms with Crippen LogP contribution in [0.4, 0.5) is 0 Å². The van der Waals surface area contributed by atoms with E-state index in [2.05, 4.69) is 70.7 Å². The van der Waals surface area contributed by atoms with Crippen LogP contribution in [0.25, 0.3) is 0 Å². The molecule has 16 heavy (non-hydrogen) atoms. The predicted molar refractivity (Wildman–Crippen MR) is 81.0 cm³/mol. The standard InChI is InChI=1S/C12H22BrNSi2/c1-15(2)10-11-16(3,4)14(15)12(13)8-6-5-7-9-12/h5-8H,9-11H2,1-4H3. The van der Waals surface area contributed by atoms with Gasteiger partial charge in [0.15, 0.2) is 0 Å². The Kier molecular flexibility index (Phi) is 3.15. The second-order valence-electron chi connectivity index (χ2n) is 6.27. The Hall–Kier alpha value is 0.354. The molecule has 1 aliphatic carbocycles. The first-order valence-corrected chi connectivity index (χ1v) is 13.2. The highest BCUT2D eigenvalue weighted by molar-refractivity contribution is 9.10. The lowest BCUT2D eigenvalue weighted by molar-refractivity contribution is 0.488. The minimum atomic E-state index is -1.20. The maximum atomic E-state index is 4.03. The summed E-state index contributed by atoms with van der Waals surface area (Å²) in [4.78, 5) is 0. The molecule has 2 aliphatic rings. The van der Waals surface area contributed by atoms with Gasteiger partial charge in [-0.15, -0.1) is 0 Å². The van der Waals surface area contributed by atoms with E-state index in [1.54, 1.807) is 0 Å². The summed E-state index contributed by atoms with van der Waals surface area (Å²) in [5.74, 6) is 0. The number of hydrogen-bond donors (Lipinski definition) is 0. The number of alkyl halides is 1. The second kappa shape index (κ2) is 3.93. The normalized spacial score (nSPS) is 36.8. The molecule has 1 unspecified atom stereocenters. The topological polar surface area (TPSA) is 3.24 Å². The first-order chi connectivity index (χ1) is 7.28. The van der Waals surface area contributed by atoms with E-state index >= 15 is 0 Å². The molecular formula is C12H22BrNSi2. The van der Waals surface area contributed by atoms with Crippen molar-refractivity contribution in [3.8, 4) is 0 Å². The van der Waals surface area contributed by atoms with Crippen LogP contribution in [0.15, 0.2) is 24.3 Å². The summed E-state index contributed by atoms with van der Waals surface area (Å²) < 4.78 is 3.05. The maximum absolute atomic E-state index is 4.03. The van der Waals surface area contributed by atoms with Crippen LogP contribution in [0.1, 0.15) is 6.42 Å². The lowest BCUT2D eigenvalue weighted by Crippen LogP contribution is -2.63. The molecular weight excluding hydrogens is 294 g/mol. The lowest BCUT2D eigenvalue weighted by atomic mass is 10.1. The zero-order valence-electron chi connectivity index (χ0n) is 10.8. The van der Waals surface area contributed by atoms with E-state index in [4.69, 9.17) is 0 Å². The Morgan fingerprint density at radius 1 is 1.06 bits per heavy atom. The van der Waals surface area contributed by atoms with Crippen molar-refractivity contribution in [3.63, 3.8) is 0 Å². The van der Waals surface area contributed by atoms with E-state index in [1.807, 2.05) is 0 Å². The van der Waals surface area contributed by atoms with E-state index in [-0.39, 0.29) is 4.45 Å². The molecule has 0 saturated carbocycles. The van der Waals surface area contributed by atoms with Crippen LogP contribution in [0.5, 0.6) is 0 Å². The Morgan fingerprint density at radius 2 is 1.62 bits per heavy atom. The van der Waals surface area contributed by atoms with Gasteiger partial charge in [-0.25, -0.2) is 0 Å². The molecule has 0 aromatic rings. The molecule has 1 aliphatic heterocycles. The average Bonchev–Trinajstić information content (AvgIpc) is 2.37. The summed E-state index contributed by atoms with van der Waals surface area (Å²) in [6.07, 6.45) is 10.1. The van der Waals surface area contributed by atoms with Crippen LogP contribution < -0.4 is 0 Å². The van der Waals surface area contributed by atoms with Crippen molar-refractivity contribution < 1.29 is 0 Å². The summed E-state index contributed by atoms with van der Waals surface area (Å²) in [6, 6.07) is 2.94. The number of halogens is 1. The number of hydrogen-bond acceptors (Lipinski definition) is 1. The van der Waals surface area contributed by atoms with Gasteiger partial charge in [-0.1, -0.05) is 66.4 Å². The molecule has 1 fully saturated rings. The molecule has 0 amide bonds. The van der Waals surface area contributed by atoms with Crippen LogP contribution in [0.2, 0.25) is 38.3 Å². The summed E-state index contributed by atoms with van der Waals surface area (Å²) in [6.45, 7) is 10.1. The van der Waals surface area contributed by atoms with Crippen molar-refractivity contribution in [2.45, 2.75) is 49.1 Å². The molecule has 1 heterocycles. The second-order valence-corrected chi connectivity index (χ2v) is 17.2. The van der Waals surface area contributed by atoms with E-state index < -0.39 is 16.5 Å². The Labute approximate surface area is 110 Å². The Bertz CT molecular complexity index is 333. The van der Waals surface area contributed by atoms with Gasteiger partial charge in [0.2, 0.25) is 0 Å². The molecule has 0 aromatic heterocycles. The van der Waals surface area contributed by atoms with Gasteiger partial charge in [0.1, 0.15) is 16.5 Å². The average molecular weight is 316 g/mol. The highest BCUT2D eigenvalue weighted by Gasteiger charge is 2.54. The van der Waals surface area contributed by atoms with Crippen molar-refractivity contribution >= 4 is 32.4 Å². The number of rotatable bonds is 1. The molecule has 2 rings (SSSR count). The van der Waals surface area contributed by atoms with Gasteiger partial charge in [-0.3, -0.25) is 0 Å². The van der Waals surface area contributed by atoms with E-state index in [0.29, 0.717) is 0 Å². The molecule has 90 valence electrons. The first kappa shape index (κ1) is 12.8. The third-order valence-electron chi connectivity index (χ3n) is 3.93. The highest BCUT2D eigenvalue weighted by atomic mass is 79.9. The fourth-order valence-corrected chi connectivity index (χ4v) is 21.5. The predicted octanol–water partition coefficient (Wildman–Crippen LogP) is 4.32. The van der Waals surface area contributed by atoms with Gasteiger partial charge in [0.25, 0.3) is 0 Å². The van der Waals surface area contributed by atoms with E-state index in [0.717, 1.165) is 6.42 Å². The van der Waals surface area contributed by atoms with Crippen molar-refractivity contribution in [2.24, 2.45) is 0 Å². The van der Waals surface area contributed by atoms with Crippen LogP contribution in [-0.4, -0.2) is 25.2 Å². The van der Waals surface area contributed by atoms with Gasteiger partial charge in [-0.2, -0.15) is 0 Å². The summed E-state index contributed by atoms with van der Waals surface area (Å²) in [5, 5.41) is 0. The fourth-order valence-electron chi connectivity index (χ4n) is 3.41. The molecule has 0 N–H and O–H groups in total. The zero-order chi connectivity index (χ0) is 12.0. The smallest absolute Gasteiger partial charge is 0.116 e. The molecule has 0 spiro atoms. The van der Waals surface area contributed by atoms with Gasteiger partial charge in [0.05, 0.1) is 4.45 Å².